The van der Waals surface area contributed by atoms with Crippen LogP contribution in [0.3, 0.4) is 0 Å². The van der Waals surface area contributed by atoms with Crippen molar-refractivity contribution in [2.75, 3.05) is 31.1 Å². The summed E-state index contributed by atoms with van der Waals surface area (Å²) in [7, 11) is 0. The lowest BCUT2D eigenvalue weighted by atomic mass is 10.0. The maximum atomic E-state index is 13.1. The molecule has 1 aromatic carbocycles. The molecule has 8 nitrogen and oxygen atoms in total. The zero-order chi connectivity index (χ0) is 24.5. The van der Waals surface area contributed by atoms with Crippen molar-refractivity contribution in [1.82, 2.24) is 24.6 Å². The fraction of sp³-hybridized carbons (Fsp3) is 0.500. The average molecular weight is 486 g/mol. The molecular weight excluding hydrogens is 450 g/mol. The lowest BCUT2D eigenvalue weighted by Gasteiger charge is -2.32. The van der Waals surface area contributed by atoms with Crippen LogP contribution >= 0.6 is 0 Å². The number of nitrogens with zero attached hydrogens (tertiary/aromatic N) is 6. The first kappa shape index (κ1) is 23.2. The molecule has 0 aliphatic carbocycles. The molecule has 0 saturated carbocycles. The normalized spacial score (nSPS) is 18.7. The molecule has 3 aromatic rings. The maximum Gasteiger partial charge on any atom is 0.255 e. The first-order valence-corrected chi connectivity index (χ1v) is 13.4. The van der Waals surface area contributed by atoms with E-state index in [9.17, 15) is 4.79 Å². The largest absolute Gasteiger partial charge is 0.356 e. The second kappa shape index (κ2) is 10.0. The van der Waals surface area contributed by atoms with Crippen LogP contribution in [-0.2, 0) is 19.5 Å². The summed E-state index contributed by atoms with van der Waals surface area (Å²) in [5.74, 6) is 1.89. The van der Waals surface area contributed by atoms with Crippen LogP contribution in [0.2, 0.25) is 0 Å². The molecule has 3 aliphatic rings. The van der Waals surface area contributed by atoms with Gasteiger partial charge >= 0.3 is 0 Å². The highest BCUT2D eigenvalue weighted by Crippen LogP contribution is 2.31. The van der Waals surface area contributed by atoms with E-state index < -0.39 is 0 Å². The molecular formula is C28H35N7O. The molecule has 188 valence electrons. The monoisotopic (exact) mass is 485 g/mol. The molecule has 1 saturated heterocycles. The van der Waals surface area contributed by atoms with Crippen molar-refractivity contribution in [1.29, 1.82) is 0 Å². The van der Waals surface area contributed by atoms with Crippen molar-refractivity contribution in [2.24, 2.45) is 4.99 Å². The van der Waals surface area contributed by atoms with Gasteiger partial charge in [0.1, 0.15) is 5.82 Å². The van der Waals surface area contributed by atoms with E-state index in [1.54, 1.807) is 0 Å². The van der Waals surface area contributed by atoms with E-state index in [4.69, 9.17) is 10.1 Å². The van der Waals surface area contributed by atoms with Gasteiger partial charge in [-0.3, -0.25) is 14.7 Å². The van der Waals surface area contributed by atoms with Gasteiger partial charge in [-0.25, -0.2) is 9.67 Å². The molecule has 0 radical (unpaired) electrons. The predicted molar refractivity (Wildman–Crippen MR) is 142 cm³/mol. The Hall–Kier alpha value is -3.26. The van der Waals surface area contributed by atoms with E-state index >= 15 is 0 Å². The van der Waals surface area contributed by atoms with Gasteiger partial charge in [-0.15, -0.1) is 0 Å². The van der Waals surface area contributed by atoms with Crippen molar-refractivity contribution in [3.05, 3.63) is 69.0 Å². The van der Waals surface area contributed by atoms with Crippen molar-refractivity contribution >= 4 is 11.5 Å². The van der Waals surface area contributed by atoms with E-state index in [1.807, 2.05) is 6.07 Å². The number of aryl methyl sites for hydroxylation is 1. The van der Waals surface area contributed by atoms with Crippen LogP contribution in [0.5, 0.6) is 0 Å². The van der Waals surface area contributed by atoms with Gasteiger partial charge in [-0.05, 0) is 57.6 Å². The molecule has 6 rings (SSSR count). The van der Waals surface area contributed by atoms with Crippen molar-refractivity contribution in [3.8, 4) is 5.69 Å². The van der Waals surface area contributed by atoms with Crippen LogP contribution in [0.25, 0.3) is 5.69 Å². The molecule has 2 aromatic heterocycles. The molecule has 0 amide bonds. The van der Waals surface area contributed by atoms with Crippen LogP contribution in [0.4, 0.5) is 5.82 Å². The Bertz CT molecular complexity index is 1320. The zero-order valence-corrected chi connectivity index (χ0v) is 21.2. The zero-order valence-electron chi connectivity index (χ0n) is 21.2. The van der Waals surface area contributed by atoms with E-state index in [-0.39, 0.29) is 5.56 Å². The molecule has 8 heteroatoms. The number of aromatic nitrogens is 4. The van der Waals surface area contributed by atoms with E-state index in [1.165, 1.54) is 30.6 Å². The molecule has 36 heavy (non-hydrogen) atoms. The summed E-state index contributed by atoms with van der Waals surface area (Å²) >= 11 is 0. The highest BCUT2D eigenvalue weighted by molar-refractivity contribution is 5.97. The Labute approximate surface area is 212 Å². The minimum absolute atomic E-state index is 0.0130. The van der Waals surface area contributed by atoms with Gasteiger partial charge in [0.05, 0.1) is 28.4 Å². The highest BCUT2D eigenvalue weighted by atomic mass is 16.1. The Kier molecular flexibility index (Phi) is 6.44. The summed E-state index contributed by atoms with van der Waals surface area (Å²) in [5, 5.41) is 5.00. The molecule has 0 unspecified atom stereocenters. The van der Waals surface area contributed by atoms with Crippen molar-refractivity contribution < 1.29 is 0 Å². The molecule has 1 fully saturated rings. The summed E-state index contributed by atoms with van der Waals surface area (Å²) in [6, 6.07) is 10.4. The fourth-order valence-corrected chi connectivity index (χ4v) is 5.78. The highest BCUT2D eigenvalue weighted by Gasteiger charge is 2.28. The SMILES string of the molecule is Cc1nn(-c2ccccc2)c(N2CCCCC2)c1CN1CCc2nc(C3=NCCCC3)[nH]c(=O)c2C1. The summed E-state index contributed by atoms with van der Waals surface area (Å²) in [6.45, 7) is 7.33. The average Bonchev–Trinajstić information content (AvgIpc) is 3.26. The molecule has 1 N–H and O–H groups in total. The van der Waals surface area contributed by atoms with Gasteiger partial charge < -0.3 is 9.88 Å². The number of H-pyrrole nitrogens is 1. The Morgan fingerprint density at radius 2 is 1.81 bits per heavy atom. The standard InChI is InChI=1S/C28H35N7O/c1-20-22(28(34-15-8-3-9-16-34)35(32-20)21-10-4-2-5-11-21)18-33-17-13-24-23(19-33)27(36)31-26(30-24)25-12-6-7-14-29-25/h2,4-5,10-11H,3,6-9,12-19H2,1H3,(H,30,31,36). The van der Waals surface area contributed by atoms with E-state index in [0.717, 1.165) is 86.8 Å². The Morgan fingerprint density at radius 3 is 2.58 bits per heavy atom. The molecule has 0 bridgehead atoms. The number of para-hydroxylation sites is 1. The fourth-order valence-electron chi connectivity index (χ4n) is 5.78. The van der Waals surface area contributed by atoms with Crippen LogP contribution in [0, 0.1) is 6.92 Å². The van der Waals surface area contributed by atoms with Crippen molar-refractivity contribution in [3.63, 3.8) is 0 Å². The smallest absolute Gasteiger partial charge is 0.255 e. The van der Waals surface area contributed by atoms with Gasteiger partial charge in [0.25, 0.3) is 5.56 Å². The number of fused-ring (bicyclic) bond motifs is 1. The molecule has 3 aliphatic heterocycles. The number of hydrogen-bond donors (Lipinski definition) is 1. The molecule has 0 spiro atoms. The van der Waals surface area contributed by atoms with Gasteiger partial charge in [0, 0.05) is 51.3 Å². The number of piperidine rings is 1. The maximum absolute atomic E-state index is 13.1. The van der Waals surface area contributed by atoms with Crippen LogP contribution in [-0.4, -0.2) is 56.5 Å². The number of aliphatic imine (C=N–C) groups is 1. The third-order valence-corrected chi connectivity index (χ3v) is 7.74. The van der Waals surface area contributed by atoms with Gasteiger partial charge in [-0.2, -0.15) is 5.10 Å². The second-order valence-corrected chi connectivity index (χ2v) is 10.3. The number of benzene rings is 1. The number of anilines is 1. The number of rotatable bonds is 5. The molecule has 0 atom stereocenters. The minimum atomic E-state index is -0.0130. The second-order valence-electron chi connectivity index (χ2n) is 10.3. The summed E-state index contributed by atoms with van der Waals surface area (Å²) in [6.07, 6.45) is 7.63. The summed E-state index contributed by atoms with van der Waals surface area (Å²) in [5.41, 5.74) is 6.10. The first-order valence-electron chi connectivity index (χ1n) is 13.4. The third-order valence-electron chi connectivity index (χ3n) is 7.74. The number of hydrogen-bond acceptors (Lipinski definition) is 6. The third kappa shape index (κ3) is 4.50. The van der Waals surface area contributed by atoms with Crippen LogP contribution in [0.1, 0.15) is 66.9 Å². The number of aromatic amines is 1. The van der Waals surface area contributed by atoms with E-state index in [0.29, 0.717) is 12.4 Å². The lowest BCUT2D eigenvalue weighted by Crippen LogP contribution is -2.37. The van der Waals surface area contributed by atoms with Crippen molar-refractivity contribution in [2.45, 2.75) is 65.0 Å². The first-order chi connectivity index (χ1) is 17.7. The summed E-state index contributed by atoms with van der Waals surface area (Å²) in [4.78, 5) is 30.5. The topological polar surface area (TPSA) is 82.4 Å². The predicted octanol–water partition coefficient (Wildman–Crippen LogP) is 3.79. The van der Waals surface area contributed by atoms with Gasteiger partial charge in [0.15, 0.2) is 5.82 Å². The summed E-state index contributed by atoms with van der Waals surface area (Å²) < 4.78 is 2.12. The molecule has 5 heterocycles. The van der Waals surface area contributed by atoms with Gasteiger partial charge in [-0.1, -0.05) is 18.2 Å². The minimum Gasteiger partial charge on any atom is -0.356 e. The Morgan fingerprint density at radius 1 is 0.972 bits per heavy atom. The lowest BCUT2D eigenvalue weighted by molar-refractivity contribution is 0.241. The quantitative estimate of drug-likeness (QED) is 0.595. The Balaban J connectivity index is 1.30. The van der Waals surface area contributed by atoms with E-state index in [2.05, 4.69) is 55.6 Å². The number of nitrogens with one attached hydrogen (secondary N) is 1. The van der Waals surface area contributed by atoms with Gasteiger partial charge in [0.2, 0.25) is 0 Å². The van der Waals surface area contributed by atoms with Crippen LogP contribution in [0.15, 0.2) is 40.1 Å². The van der Waals surface area contributed by atoms with Crippen LogP contribution < -0.4 is 10.5 Å².